The van der Waals surface area contributed by atoms with Crippen LogP contribution in [-0.4, -0.2) is 37.5 Å². The van der Waals surface area contributed by atoms with E-state index in [0.717, 1.165) is 31.6 Å². The average molecular weight is 538 g/mol. The molecule has 0 rings (SSSR count). The SMILES string of the molecule is C=COCCC(=C)OCCOCCCCCCCCCCCCCCCCCCCCCCCCCC=[OH+]. The van der Waals surface area contributed by atoms with Crippen LogP contribution in [-0.2, 0) is 14.2 Å². The lowest BCUT2D eigenvalue weighted by Gasteiger charge is -2.09. The van der Waals surface area contributed by atoms with E-state index in [0.29, 0.717) is 26.2 Å². The Balaban J connectivity index is 3.07. The Labute approximate surface area is 237 Å². The minimum Gasteiger partial charge on any atom is -0.501 e. The van der Waals surface area contributed by atoms with E-state index in [4.69, 9.17) is 19.0 Å². The van der Waals surface area contributed by atoms with Gasteiger partial charge in [0.15, 0.2) is 0 Å². The maximum atomic E-state index is 8.65. The molecule has 0 fully saturated rings. The zero-order valence-electron chi connectivity index (χ0n) is 25.2. The molecule has 1 N–H and O–H groups in total. The van der Waals surface area contributed by atoms with Crippen molar-refractivity contribution in [1.29, 1.82) is 0 Å². The summed E-state index contributed by atoms with van der Waals surface area (Å²) in [6, 6.07) is 0. The molecule has 0 amide bonds. The second-order valence-electron chi connectivity index (χ2n) is 10.9. The van der Waals surface area contributed by atoms with Crippen molar-refractivity contribution < 1.29 is 19.0 Å². The topological polar surface area (TPSA) is 49.1 Å². The van der Waals surface area contributed by atoms with Gasteiger partial charge >= 0.3 is 0 Å². The Morgan fingerprint density at radius 2 is 0.895 bits per heavy atom. The molecule has 0 aliphatic rings. The van der Waals surface area contributed by atoms with Gasteiger partial charge in [0.05, 0.1) is 31.7 Å². The number of rotatable bonds is 34. The highest BCUT2D eigenvalue weighted by Gasteiger charge is 1.98. The van der Waals surface area contributed by atoms with Crippen molar-refractivity contribution in [3.05, 3.63) is 25.2 Å². The summed E-state index contributed by atoms with van der Waals surface area (Å²) in [7, 11) is 0. The summed E-state index contributed by atoms with van der Waals surface area (Å²) >= 11 is 0. The summed E-state index contributed by atoms with van der Waals surface area (Å²) in [6.45, 7) is 9.99. The first-order valence-electron chi connectivity index (χ1n) is 16.4. The fourth-order valence-electron chi connectivity index (χ4n) is 4.83. The van der Waals surface area contributed by atoms with Crippen LogP contribution in [0.1, 0.15) is 161 Å². The van der Waals surface area contributed by atoms with Crippen LogP contribution in [0.15, 0.2) is 25.2 Å². The van der Waals surface area contributed by atoms with Gasteiger partial charge < -0.3 is 14.2 Å². The second kappa shape index (κ2) is 33.7. The summed E-state index contributed by atoms with van der Waals surface area (Å²) in [4.78, 5) is 8.65. The summed E-state index contributed by atoms with van der Waals surface area (Å²) in [5.74, 6) is 0.746. The van der Waals surface area contributed by atoms with E-state index in [1.54, 1.807) is 0 Å². The van der Waals surface area contributed by atoms with Crippen LogP contribution in [0, 0.1) is 0 Å². The number of hydrogen-bond acceptors (Lipinski definition) is 3. The lowest BCUT2D eigenvalue weighted by atomic mass is 10.0. The molecule has 0 unspecified atom stereocenters. The molecule has 0 saturated heterocycles. The van der Waals surface area contributed by atoms with E-state index in [2.05, 4.69) is 13.2 Å². The van der Waals surface area contributed by atoms with Crippen molar-refractivity contribution in [2.75, 3.05) is 26.4 Å². The predicted molar refractivity (Wildman–Crippen MR) is 165 cm³/mol. The Bertz CT molecular complexity index is 491. The van der Waals surface area contributed by atoms with Crippen LogP contribution < -0.4 is 0 Å². The molecular weight excluding hydrogens is 472 g/mol. The van der Waals surface area contributed by atoms with Gasteiger partial charge in [0.1, 0.15) is 6.61 Å². The zero-order chi connectivity index (χ0) is 27.6. The van der Waals surface area contributed by atoms with E-state index in [1.165, 1.54) is 147 Å². The fourth-order valence-corrected chi connectivity index (χ4v) is 4.83. The third-order valence-corrected chi connectivity index (χ3v) is 7.27. The monoisotopic (exact) mass is 537 g/mol. The van der Waals surface area contributed by atoms with Crippen LogP contribution in [0.3, 0.4) is 0 Å². The van der Waals surface area contributed by atoms with E-state index >= 15 is 0 Å². The van der Waals surface area contributed by atoms with Crippen LogP contribution >= 0.6 is 0 Å². The number of hydrogen-bond donors (Lipinski definition) is 0. The first kappa shape index (κ1) is 36.7. The molecule has 4 nitrogen and oxygen atoms in total. The molecular formula is C34H65O4+. The lowest BCUT2D eigenvalue weighted by molar-refractivity contribution is 0.0689. The third-order valence-electron chi connectivity index (χ3n) is 7.27. The van der Waals surface area contributed by atoms with Crippen LogP contribution in [0.25, 0.3) is 0 Å². The van der Waals surface area contributed by atoms with Crippen molar-refractivity contribution in [3.63, 3.8) is 0 Å². The van der Waals surface area contributed by atoms with Crippen LogP contribution in [0.4, 0.5) is 0 Å². The van der Waals surface area contributed by atoms with Crippen molar-refractivity contribution in [3.8, 4) is 0 Å². The first-order valence-corrected chi connectivity index (χ1v) is 16.4. The van der Waals surface area contributed by atoms with E-state index in [1.807, 2.05) is 0 Å². The normalized spacial score (nSPS) is 10.9. The Morgan fingerprint density at radius 3 is 1.29 bits per heavy atom. The third kappa shape index (κ3) is 32.7. The minimum atomic E-state index is 0.568. The fraction of sp³-hybridized carbons (Fsp3) is 0.853. The molecule has 0 radical (unpaired) electrons. The van der Waals surface area contributed by atoms with Crippen LogP contribution in [0.5, 0.6) is 0 Å². The van der Waals surface area contributed by atoms with E-state index < -0.39 is 0 Å². The standard InChI is InChI=1S/C34H64O4/c1-3-36-31-28-34(2)38-33-32-37-30-27-25-23-21-19-17-15-13-11-9-7-5-4-6-8-10-12-14-16-18-20-22-24-26-29-35/h3,29H,1-2,4-28,30-33H2/p+1. The molecule has 0 aliphatic carbocycles. The molecule has 0 aromatic carbocycles. The van der Waals surface area contributed by atoms with Gasteiger partial charge in [-0.1, -0.05) is 148 Å². The van der Waals surface area contributed by atoms with Crippen molar-refractivity contribution in [2.45, 2.75) is 161 Å². The number of aldehydes is 1. The largest absolute Gasteiger partial charge is 0.501 e. The van der Waals surface area contributed by atoms with Crippen molar-refractivity contribution >= 4 is 6.29 Å². The molecule has 4 heteroatoms. The number of unbranched alkanes of at least 4 members (excludes halogenated alkanes) is 23. The van der Waals surface area contributed by atoms with Gasteiger partial charge in [-0.15, -0.1) is 0 Å². The average Bonchev–Trinajstić information content (AvgIpc) is 2.92. The highest BCUT2D eigenvalue weighted by molar-refractivity contribution is 5.50. The molecule has 0 atom stereocenters. The Hall–Kier alpha value is -1.29. The van der Waals surface area contributed by atoms with Crippen molar-refractivity contribution in [1.82, 2.24) is 0 Å². The smallest absolute Gasteiger partial charge is 0.281 e. The molecule has 0 aromatic rings. The number of ether oxygens (including phenoxy) is 3. The Morgan fingerprint density at radius 1 is 0.500 bits per heavy atom. The molecule has 0 heterocycles. The second-order valence-corrected chi connectivity index (χ2v) is 10.9. The first-order chi connectivity index (χ1) is 18.8. The van der Waals surface area contributed by atoms with Gasteiger partial charge in [-0.3, -0.25) is 4.79 Å². The summed E-state index contributed by atoms with van der Waals surface area (Å²) < 4.78 is 16.2. The lowest BCUT2D eigenvalue weighted by Crippen LogP contribution is -2.06. The maximum absolute atomic E-state index is 8.65. The molecule has 0 aromatic heterocycles. The summed E-state index contributed by atoms with van der Waals surface area (Å²) in [5.41, 5.74) is 0. The van der Waals surface area contributed by atoms with Gasteiger partial charge in [0, 0.05) is 13.0 Å². The van der Waals surface area contributed by atoms with Crippen LogP contribution in [0.2, 0.25) is 0 Å². The molecule has 0 aliphatic heterocycles. The zero-order valence-corrected chi connectivity index (χ0v) is 25.2. The molecule has 0 spiro atoms. The van der Waals surface area contributed by atoms with Gasteiger partial charge in [0.2, 0.25) is 0 Å². The maximum Gasteiger partial charge on any atom is 0.281 e. The Kier molecular flexibility index (Phi) is 32.6. The van der Waals surface area contributed by atoms with E-state index in [9.17, 15) is 0 Å². The summed E-state index contributed by atoms with van der Waals surface area (Å²) in [5, 5.41) is 0. The summed E-state index contributed by atoms with van der Waals surface area (Å²) in [6.07, 6.45) is 36.1. The highest BCUT2D eigenvalue weighted by atomic mass is 16.5. The van der Waals surface area contributed by atoms with Gasteiger partial charge in [-0.05, 0) is 12.8 Å². The highest BCUT2D eigenvalue weighted by Crippen LogP contribution is 2.15. The molecule has 0 saturated carbocycles. The molecule has 38 heavy (non-hydrogen) atoms. The van der Waals surface area contributed by atoms with Gasteiger partial charge in [-0.2, -0.15) is 0 Å². The number of carbonyl (C=O) groups excluding carboxylic acids is 1. The van der Waals surface area contributed by atoms with Gasteiger partial charge in [-0.25, -0.2) is 0 Å². The quantitative estimate of drug-likeness (QED) is 0.0355. The van der Waals surface area contributed by atoms with E-state index in [-0.39, 0.29) is 0 Å². The van der Waals surface area contributed by atoms with Gasteiger partial charge in [0.25, 0.3) is 6.29 Å². The minimum absolute atomic E-state index is 0.568. The molecule has 0 bridgehead atoms. The predicted octanol–water partition coefficient (Wildman–Crippen LogP) is 10.6. The molecule has 224 valence electrons. The van der Waals surface area contributed by atoms with Crippen molar-refractivity contribution in [2.24, 2.45) is 0 Å².